The highest BCUT2D eigenvalue weighted by Gasteiger charge is 2.52. The van der Waals surface area contributed by atoms with Crippen LogP contribution in [0, 0.1) is 0 Å². The summed E-state index contributed by atoms with van der Waals surface area (Å²) < 4.78 is 125. The number of benzene rings is 4. The first-order chi connectivity index (χ1) is 57.4. The molecule has 122 heavy (non-hydrogen) atoms. The van der Waals surface area contributed by atoms with Crippen molar-refractivity contribution in [2.75, 3.05) is 116 Å². The van der Waals surface area contributed by atoms with E-state index < -0.39 is 121 Å². The van der Waals surface area contributed by atoms with Crippen molar-refractivity contribution in [2.45, 2.75) is 74.8 Å². The summed E-state index contributed by atoms with van der Waals surface area (Å²) in [6, 6.07) is 24.3. The Bertz CT molecular complexity index is 5920. The number of imidazole rings is 2. The van der Waals surface area contributed by atoms with E-state index in [-0.39, 0.29) is 84.8 Å². The number of phosphoric acid groups is 6. The molecular formula is C64H82N20O30P6S2. The van der Waals surface area contributed by atoms with E-state index in [9.17, 15) is 86.1 Å². The first kappa shape index (κ1) is 93.7. The fraction of sp³-hybridized carbons (Fsp3) is 0.406. The number of fused-ring (bicyclic) bond motifs is 6. The lowest BCUT2D eigenvalue weighted by Crippen LogP contribution is -2.42. The Kier molecular flexibility index (Phi) is 30.3. The average molecular weight is 1860 g/mol. The summed E-state index contributed by atoms with van der Waals surface area (Å²) in [4.78, 5) is 168. The van der Waals surface area contributed by atoms with Gasteiger partial charge in [-0.2, -0.15) is 8.62 Å². The number of alkyl carbamates (subject to hydrolysis) is 2. The van der Waals surface area contributed by atoms with Gasteiger partial charge in [-0.15, -0.1) is 22.7 Å². The SMILES string of the molecule is CN(CCCC(=O)NCCNC(=O)O[C@@H]1[C@H](O)[C@@H](COP(=O)(O)OP(=O)(O)OP(=O)([O-])O)O[C@H]1n1cnc2c(N)ncnc21)c1ccc2nc3ccc(=[N+](C)C)cc-3sc2c1.CN(CCCC(=O)NCCNC(=O)O[C@H]1[C@@H](O)[C@H](n2cnc3c(N)ncnc32)O[C@@H]1COP(=O)(O)OP(=O)(O)OP(=O)([O-])O)c1ccc2nc3ccc(=[N+](C)C)cc-3sc2c1. The molecule has 0 saturated carbocycles. The van der Waals surface area contributed by atoms with E-state index in [0.717, 1.165) is 76.3 Å². The molecule has 6 aliphatic rings. The number of aliphatic hydroxyl groups excluding tert-OH is 2. The number of phosphoric ester groups is 2. The van der Waals surface area contributed by atoms with Crippen molar-refractivity contribution >= 4 is 159 Å². The fourth-order valence-corrected chi connectivity index (χ4v) is 20.2. The van der Waals surface area contributed by atoms with Crippen LogP contribution in [0.2, 0.25) is 0 Å². The first-order valence-electron chi connectivity index (χ1n) is 36.0. The fourth-order valence-electron chi connectivity index (χ4n) is 12.2. The van der Waals surface area contributed by atoms with Gasteiger partial charge in [0.15, 0.2) is 47.6 Å². The molecule has 2 fully saturated rings. The van der Waals surface area contributed by atoms with Gasteiger partial charge in [-0.25, -0.2) is 85.5 Å². The van der Waals surface area contributed by atoms with E-state index in [1.54, 1.807) is 22.7 Å². The average Bonchev–Trinajstić information content (AvgIpc) is 1.69. The Hall–Kier alpha value is -9.04. The van der Waals surface area contributed by atoms with Crippen LogP contribution in [0.3, 0.4) is 0 Å². The zero-order valence-electron chi connectivity index (χ0n) is 64.8. The maximum Gasteiger partial charge on any atom is 0.487 e. The number of nitrogens with two attached hydrogens (primary N) is 2. The summed E-state index contributed by atoms with van der Waals surface area (Å²) in [5, 5.41) is 34.7. The molecule has 2 aromatic carbocycles. The number of nitrogen functional groups attached to an aromatic ring is 2. The maximum atomic E-state index is 12.9. The molecular weight excluding hydrogens is 1780 g/mol. The van der Waals surface area contributed by atoms with Gasteiger partial charge in [0.05, 0.1) is 67.4 Å². The van der Waals surface area contributed by atoms with Crippen LogP contribution in [0.5, 0.6) is 0 Å². The van der Waals surface area contributed by atoms with Gasteiger partial charge in [0.1, 0.15) is 76.3 Å². The third-order valence-corrected chi connectivity index (χ3v) is 27.6. The minimum atomic E-state index is -5.92. The van der Waals surface area contributed by atoms with Gasteiger partial charge in [0.2, 0.25) is 22.5 Å². The Labute approximate surface area is 697 Å². The second kappa shape index (κ2) is 39.4. The molecule has 4 aromatic heterocycles. The third kappa shape index (κ3) is 25.2. The minimum Gasteiger partial charge on any atom is -0.756 e. The zero-order chi connectivity index (χ0) is 88.6. The van der Waals surface area contributed by atoms with Crippen molar-refractivity contribution in [2.24, 2.45) is 0 Å². The van der Waals surface area contributed by atoms with Gasteiger partial charge in [0.25, 0.3) is 15.6 Å². The molecule has 12 rings (SSSR count). The molecule has 0 bridgehead atoms. The standard InChI is InChI=1S/2C32H41N10O15P3S/c1-40(2)18-6-8-20-23(13-18)61-24-14-19(7-9-21(24)39-20)41(3)12-4-5-25(43)34-10-11-35-32(45)55-28-22(15-53-59(49,50)57-60(51,52)56-58(46,47)48)54-31(27(28)44)42-17-38-26-29(33)36-16-37-30(26)42;1-40(2)18-6-8-20-23(13-18)61-24-14-19(7-9-21(24)39-20)41(3)12-4-5-25(43)34-10-11-35-32(45)55-28-27(44)22(15-53-59(49,50)57-60(51,52)56-58(46,47)48)54-31(28)42-17-38-26-29(33)36-16-37-30(26)42/h2*6-9,13-14,16-17,22,27-28,31,44H,4-5,10-12,15H2,1-3H3,(H7-,33,34,35,36,37,43,45,46,47,48,49,50,51,52)/t2*22-,27-,28-,31-/m11/s1. The number of rotatable bonds is 34. The van der Waals surface area contributed by atoms with E-state index in [2.05, 4.69) is 102 Å². The van der Waals surface area contributed by atoms with E-state index in [1.807, 2.05) is 110 Å². The highest BCUT2D eigenvalue weighted by molar-refractivity contribution is 7.67. The highest BCUT2D eigenvalue weighted by atomic mass is 32.1. The minimum absolute atomic E-state index is 0.00812. The lowest BCUT2D eigenvalue weighted by atomic mass is 10.1. The predicted octanol–water partition coefficient (Wildman–Crippen LogP) is 0.504. The van der Waals surface area contributed by atoms with Gasteiger partial charge in [-0.05, 0) is 61.4 Å². The largest absolute Gasteiger partial charge is 0.756 e. The molecule has 16 N–H and O–H groups in total. The summed E-state index contributed by atoms with van der Waals surface area (Å²) in [6.07, 6.45) is -9.22. The van der Waals surface area contributed by atoms with Crippen molar-refractivity contribution in [1.29, 1.82) is 0 Å². The van der Waals surface area contributed by atoms with E-state index >= 15 is 0 Å². The summed E-state index contributed by atoms with van der Waals surface area (Å²) in [5.41, 5.74) is 17.6. The summed E-state index contributed by atoms with van der Waals surface area (Å²) >= 11 is 3.31. The van der Waals surface area contributed by atoms with Gasteiger partial charge in [-0.1, -0.05) is 0 Å². The van der Waals surface area contributed by atoms with Crippen molar-refractivity contribution < 1.29 is 141 Å². The number of hydrogen-bond acceptors (Lipinski definition) is 38. The Morgan fingerprint density at radius 3 is 1.37 bits per heavy atom. The molecule has 14 atom stereocenters. The number of aliphatic hydroxyl groups is 2. The third-order valence-electron chi connectivity index (χ3n) is 17.9. The van der Waals surface area contributed by atoms with Crippen LogP contribution in [0.15, 0.2) is 98.1 Å². The molecule has 4 aliphatic heterocycles. The molecule has 660 valence electrons. The number of nitrogens with zero attached hydrogens (tertiary/aromatic N) is 14. The van der Waals surface area contributed by atoms with E-state index in [0.29, 0.717) is 25.9 Å². The number of hydrogen-bond donors (Lipinski definition) is 14. The monoisotopic (exact) mass is 1860 g/mol. The molecule has 6 aromatic rings. The Morgan fingerprint density at radius 1 is 0.525 bits per heavy atom. The summed E-state index contributed by atoms with van der Waals surface area (Å²) in [6.45, 7) is -1.23. The van der Waals surface area contributed by atoms with Crippen LogP contribution >= 0.6 is 69.6 Å². The number of aromatic nitrogens is 10. The lowest BCUT2D eigenvalue weighted by Gasteiger charge is -2.23. The molecule has 2 aliphatic carbocycles. The first-order valence-corrected chi connectivity index (χ1v) is 46.6. The Morgan fingerprint density at radius 2 is 0.934 bits per heavy atom. The predicted molar refractivity (Wildman–Crippen MR) is 429 cm³/mol. The number of nitrogens with one attached hydrogen (secondary N) is 4. The smallest absolute Gasteiger partial charge is 0.487 e. The molecule has 6 unspecified atom stereocenters. The number of amides is 4. The van der Waals surface area contributed by atoms with Crippen molar-refractivity contribution in [3.05, 3.63) is 109 Å². The molecule has 0 radical (unpaired) electrons. The van der Waals surface area contributed by atoms with Gasteiger partial charge >= 0.3 is 43.5 Å². The van der Waals surface area contributed by atoms with Crippen LogP contribution in [0.25, 0.3) is 63.9 Å². The van der Waals surface area contributed by atoms with Gasteiger partial charge in [-0.3, -0.25) is 36.9 Å². The van der Waals surface area contributed by atoms with E-state index in [1.165, 1.54) is 21.8 Å². The van der Waals surface area contributed by atoms with Crippen LogP contribution in [-0.4, -0.2) is 244 Å². The quantitative estimate of drug-likeness (QED) is 0.0113. The Balaban J connectivity index is 0.000000238. The van der Waals surface area contributed by atoms with Crippen molar-refractivity contribution in [3.63, 3.8) is 0 Å². The lowest BCUT2D eigenvalue weighted by molar-refractivity contribution is -0.214. The van der Waals surface area contributed by atoms with Gasteiger partial charge < -0.3 is 111 Å². The van der Waals surface area contributed by atoms with Crippen LogP contribution < -0.4 is 72.2 Å². The van der Waals surface area contributed by atoms with Gasteiger partial charge in [0, 0.05) is 102 Å². The second-order valence-electron chi connectivity index (χ2n) is 27.2. The van der Waals surface area contributed by atoms with Crippen molar-refractivity contribution in [3.8, 4) is 21.1 Å². The normalized spacial score (nSPS) is 20.8. The number of ether oxygens (including phenoxy) is 4. The molecule has 2 saturated heterocycles. The van der Waals surface area contributed by atoms with E-state index in [4.69, 9.17) is 50.2 Å². The molecule has 4 amide bonds. The summed E-state index contributed by atoms with van der Waals surface area (Å²) in [5.74, 6) is -0.587. The molecule has 8 heterocycles. The summed E-state index contributed by atoms with van der Waals surface area (Å²) in [7, 11) is -23.1. The second-order valence-corrected chi connectivity index (χ2v) is 38.1. The van der Waals surface area contributed by atoms with Crippen molar-refractivity contribution in [1.82, 2.24) is 79.4 Å². The van der Waals surface area contributed by atoms with Crippen LogP contribution in [0.1, 0.15) is 38.1 Å². The molecule has 58 heteroatoms. The zero-order valence-corrected chi connectivity index (χ0v) is 71.8. The number of carbonyl (C=O) groups is 4. The number of carbonyl (C=O) groups excluding carboxylic acids is 4. The molecule has 0 spiro atoms. The highest BCUT2D eigenvalue weighted by Crippen LogP contribution is 2.67. The number of anilines is 4. The molecule has 50 nitrogen and oxygen atoms in total. The van der Waals surface area contributed by atoms with Crippen LogP contribution in [0.4, 0.5) is 32.6 Å². The maximum absolute atomic E-state index is 12.9. The topological polar surface area (TPSA) is 697 Å². The van der Waals surface area contributed by atoms with Crippen LogP contribution in [-0.2, 0) is 82.2 Å².